The molecular weight excluding hydrogens is 306 g/mol. The zero-order valence-corrected chi connectivity index (χ0v) is 13.6. The van der Waals surface area contributed by atoms with E-state index < -0.39 is 0 Å². The fourth-order valence-corrected chi connectivity index (χ4v) is 2.81. The molecule has 24 heavy (non-hydrogen) atoms. The molecule has 2 aromatic heterocycles. The maximum Gasteiger partial charge on any atom is 0.185 e. The molecule has 3 aromatic rings. The van der Waals surface area contributed by atoms with Crippen molar-refractivity contribution in [2.75, 3.05) is 37.8 Å². The molecule has 1 aliphatic rings. The van der Waals surface area contributed by atoms with Crippen LogP contribution in [0.4, 0.5) is 5.82 Å². The molecule has 0 aliphatic carbocycles. The fourth-order valence-electron chi connectivity index (χ4n) is 2.81. The first-order valence-electron chi connectivity index (χ1n) is 8.13. The van der Waals surface area contributed by atoms with Crippen LogP contribution in [0.2, 0.25) is 0 Å². The molecule has 0 N–H and O–H groups in total. The number of morpholine rings is 1. The zero-order chi connectivity index (χ0) is 16.4. The number of nitrogens with zero attached hydrogens (tertiary/aromatic N) is 5. The summed E-state index contributed by atoms with van der Waals surface area (Å²) < 4.78 is 12.8. The van der Waals surface area contributed by atoms with Gasteiger partial charge in [0.25, 0.3) is 0 Å². The zero-order valence-electron chi connectivity index (χ0n) is 13.6. The normalized spacial score (nSPS) is 15.0. The molecule has 0 unspecified atom stereocenters. The lowest BCUT2D eigenvalue weighted by Crippen LogP contribution is -2.37. The lowest BCUT2D eigenvalue weighted by Gasteiger charge is -2.27. The molecule has 1 aliphatic heterocycles. The predicted molar refractivity (Wildman–Crippen MR) is 90.4 cm³/mol. The van der Waals surface area contributed by atoms with Gasteiger partial charge in [-0.1, -0.05) is 12.1 Å². The minimum atomic E-state index is 0.628. The monoisotopic (exact) mass is 325 g/mol. The third-order valence-corrected chi connectivity index (χ3v) is 3.99. The van der Waals surface area contributed by atoms with E-state index in [1.54, 1.807) is 4.52 Å². The number of hydrogen-bond acceptors (Lipinski definition) is 6. The number of hydrogen-bond donors (Lipinski definition) is 0. The van der Waals surface area contributed by atoms with Crippen molar-refractivity contribution in [1.82, 2.24) is 19.8 Å². The van der Waals surface area contributed by atoms with Crippen molar-refractivity contribution in [3.05, 3.63) is 36.4 Å². The average Bonchev–Trinajstić information content (AvgIpc) is 3.06. The molecule has 0 spiro atoms. The molecule has 1 fully saturated rings. The number of benzene rings is 1. The highest BCUT2D eigenvalue weighted by Crippen LogP contribution is 2.23. The van der Waals surface area contributed by atoms with Gasteiger partial charge in [-0.05, 0) is 31.2 Å². The number of fused-ring (bicyclic) bond motifs is 1. The Morgan fingerprint density at radius 1 is 1.12 bits per heavy atom. The number of anilines is 1. The molecule has 0 bridgehead atoms. The summed E-state index contributed by atoms with van der Waals surface area (Å²) in [7, 11) is 0. The van der Waals surface area contributed by atoms with Crippen LogP contribution >= 0.6 is 0 Å². The average molecular weight is 325 g/mol. The second-order valence-corrected chi connectivity index (χ2v) is 5.55. The van der Waals surface area contributed by atoms with Gasteiger partial charge in [0, 0.05) is 18.7 Å². The Bertz CT molecular complexity index is 842. The van der Waals surface area contributed by atoms with E-state index in [4.69, 9.17) is 14.6 Å². The van der Waals surface area contributed by atoms with Crippen LogP contribution in [-0.2, 0) is 4.74 Å². The van der Waals surface area contributed by atoms with Gasteiger partial charge < -0.3 is 14.4 Å². The molecule has 0 amide bonds. The van der Waals surface area contributed by atoms with Crippen LogP contribution in [-0.4, -0.2) is 52.7 Å². The van der Waals surface area contributed by atoms with Crippen molar-refractivity contribution < 1.29 is 9.47 Å². The van der Waals surface area contributed by atoms with Crippen LogP contribution in [0, 0.1) is 0 Å². The molecule has 0 saturated carbocycles. The molecule has 4 rings (SSSR count). The Hall–Kier alpha value is -2.67. The van der Waals surface area contributed by atoms with E-state index in [-0.39, 0.29) is 0 Å². The lowest BCUT2D eigenvalue weighted by atomic mass is 10.2. The maximum absolute atomic E-state index is 5.58. The maximum atomic E-state index is 5.58. The molecular formula is C17H19N5O2. The fraction of sp³-hybridized carbons (Fsp3) is 0.353. The van der Waals surface area contributed by atoms with Crippen LogP contribution < -0.4 is 9.64 Å². The summed E-state index contributed by atoms with van der Waals surface area (Å²) in [6.07, 6.45) is 0. The Morgan fingerprint density at radius 2 is 2.00 bits per heavy atom. The minimum absolute atomic E-state index is 0.628. The standard InChI is InChI=1S/C17H19N5O2/c1-2-24-14-5-3-4-13(12-14)17-19-18-15-6-7-16(20-22(15)17)21-8-10-23-11-9-21/h3-7,12H,2,8-11H2,1H3. The first-order valence-corrected chi connectivity index (χ1v) is 8.13. The second-order valence-electron chi connectivity index (χ2n) is 5.55. The SMILES string of the molecule is CCOc1cccc(-c2nnc3ccc(N4CCOCC4)nn23)c1. The van der Waals surface area contributed by atoms with Gasteiger partial charge in [-0.2, -0.15) is 4.52 Å². The van der Waals surface area contributed by atoms with Crippen LogP contribution in [0.25, 0.3) is 17.0 Å². The predicted octanol–water partition coefficient (Wildman–Crippen LogP) is 2.03. The Morgan fingerprint density at radius 3 is 2.83 bits per heavy atom. The third-order valence-electron chi connectivity index (χ3n) is 3.99. The van der Waals surface area contributed by atoms with Crippen molar-refractivity contribution in [1.29, 1.82) is 0 Å². The van der Waals surface area contributed by atoms with E-state index in [1.807, 2.05) is 43.3 Å². The molecule has 7 nitrogen and oxygen atoms in total. The summed E-state index contributed by atoms with van der Waals surface area (Å²) in [5.74, 6) is 2.44. The lowest BCUT2D eigenvalue weighted by molar-refractivity contribution is 0.122. The topological polar surface area (TPSA) is 64.8 Å². The summed E-state index contributed by atoms with van der Waals surface area (Å²) in [5.41, 5.74) is 1.66. The first kappa shape index (κ1) is 14.9. The Kier molecular flexibility index (Phi) is 4.00. The Labute approximate surface area is 139 Å². The van der Waals surface area contributed by atoms with Crippen molar-refractivity contribution >= 4 is 11.5 Å². The molecule has 1 aromatic carbocycles. The Balaban J connectivity index is 1.74. The highest BCUT2D eigenvalue weighted by Gasteiger charge is 2.15. The molecule has 1 saturated heterocycles. The van der Waals surface area contributed by atoms with Gasteiger partial charge >= 0.3 is 0 Å². The van der Waals surface area contributed by atoms with Crippen LogP contribution in [0.3, 0.4) is 0 Å². The van der Waals surface area contributed by atoms with Gasteiger partial charge in [0.15, 0.2) is 11.5 Å². The minimum Gasteiger partial charge on any atom is -0.494 e. The van der Waals surface area contributed by atoms with Gasteiger partial charge in [0.2, 0.25) is 0 Å². The van der Waals surface area contributed by atoms with E-state index in [0.29, 0.717) is 12.4 Å². The summed E-state index contributed by atoms with van der Waals surface area (Å²) in [5, 5.41) is 13.3. The van der Waals surface area contributed by atoms with E-state index in [1.165, 1.54) is 0 Å². The molecule has 7 heteroatoms. The highest BCUT2D eigenvalue weighted by atomic mass is 16.5. The van der Waals surface area contributed by atoms with Crippen molar-refractivity contribution in [3.63, 3.8) is 0 Å². The van der Waals surface area contributed by atoms with E-state index >= 15 is 0 Å². The van der Waals surface area contributed by atoms with Gasteiger partial charge in [-0.25, -0.2) is 0 Å². The number of aromatic nitrogens is 4. The number of rotatable bonds is 4. The molecule has 124 valence electrons. The molecule has 0 atom stereocenters. The van der Waals surface area contributed by atoms with Crippen molar-refractivity contribution in [3.8, 4) is 17.1 Å². The quantitative estimate of drug-likeness (QED) is 0.731. The van der Waals surface area contributed by atoms with Crippen LogP contribution in [0.5, 0.6) is 5.75 Å². The van der Waals surface area contributed by atoms with Crippen LogP contribution in [0.15, 0.2) is 36.4 Å². The smallest absolute Gasteiger partial charge is 0.185 e. The second kappa shape index (κ2) is 6.45. The van der Waals surface area contributed by atoms with Gasteiger partial charge in [-0.3, -0.25) is 0 Å². The summed E-state index contributed by atoms with van der Waals surface area (Å²) >= 11 is 0. The van der Waals surface area contributed by atoms with E-state index in [9.17, 15) is 0 Å². The van der Waals surface area contributed by atoms with Gasteiger partial charge in [-0.15, -0.1) is 15.3 Å². The van der Waals surface area contributed by atoms with Crippen molar-refractivity contribution in [2.45, 2.75) is 6.92 Å². The summed E-state index contributed by atoms with van der Waals surface area (Å²) in [6.45, 7) is 5.74. The molecule has 3 heterocycles. The largest absolute Gasteiger partial charge is 0.494 e. The number of ether oxygens (including phenoxy) is 2. The van der Waals surface area contributed by atoms with Gasteiger partial charge in [0.05, 0.1) is 19.8 Å². The van der Waals surface area contributed by atoms with Gasteiger partial charge in [0.1, 0.15) is 11.6 Å². The molecule has 0 radical (unpaired) electrons. The first-order chi connectivity index (χ1) is 11.8. The highest BCUT2D eigenvalue weighted by molar-refractivity contribution is 5.61. The third kappa shape index (κ3) is 2.78. The van der Waals surface area contributed by atoms with E-state index in [0.717, 1.165) is 49.1 Å². The summed E-state index contributed by atoms with van der Waals surface area (Å²) in [4.78, 5) is 2.21. The summed E-state index contributed by atoms with van der Waals surface area (Å²) in [6, 6.07) is 11.8. The van der Waals surface area contributed by atoms with E-state index in [2.05, 4.69) is 15.1 Å². The van der Waals surface area contributed by atoms with Crippen LogP contribution in [0.1, 0.15) is 6.92 Å². The van der Waals surface area contributed by atoms with Crippen molar-refractivity contribution in [2.24, 2.45) is 0 Å².